The fourth-order valence-corrected chi connectivity index (χ4v) is 6.46. The van der Waals surface area contributed by atoms with Crippen molar-refractivity contribution in [2.75, 3.05) is 6.54 Å². The third-order valence-corrected chi connectivity index (χ3v) is 8.91. The van der Waals surface area contributed by atoms with Gasteiger partial charge in [-0.05, 0) is 84.4 Å². The van der Waals surface area contributed by atoms with Crippen molar-refractivity contribution in [2.45, 2.75) is 102 Å². The number of aryl methyl sites for hydroxylation is 2. The Morgan fingerprint density at radius 1 is 0.946 bits per heavy atom. The summed E-state index contributed by atoms with van der Waals surface area (Å²) in [7, 11) is 0. The molecule has 2 aromatic carbocycles. The van der Waals surface area contributed by atoms with Gasteiger partial charge < -0.3 is 20.6 Å². The number of rotatable bonds is 10. The van der Waals surface area contributed by atoms with E-state index >= 15 is 0 Å². The van der Waals surface area contributed by atoms with Gasteiger partial charge >= 0.3 is 0 Å². The van der Waals surface area contributed by atoms with Crippen LogP contribution in [0.4, 0.5) is 0 Å². The molecule has 1 saturated carbocycles. The van der Waals surface area contributed by atoms with Gasteiger partial charge in [0.25, 0.3) is 0 Å². The van der Waals surface area contributed by atoms with Crippen LogP contribution in [0.2, 0.25) is 0 Å². The molecule has 1 fully saturated rings. The number of hydrogen-bond acceptors (Lipinski definition) is 4. The summed E-state index contributed by atoms with van der Waals surface area (Å²) in [6, 6.07) is 15.9. The van der Waals surface area contributed by atoms with Gasteiger partial charge in [0.15, 0.2) is 6.29 Å². The summed E-state index contributed by atoms with van der Waals surface area (Å²) >= 11 is 0. The van der Waals surface area contributed by atoms with Crippen LogP contribution in [-0.2, 0) is 11.8 Å². The predicted molar refractivity (Wildman–Crippen MR) is 152 cm³/mol. The number of hydrogen-bond donors (Lipinski definition) is 4. The molecule has 2 aliphatic rings. The maximum Gasteiger partial charge on any atom is 0.155 e. The molecule has 0 bridgehead atoms. The molecule has 1 aliphatic heterocycles. The first-order valence-corrected chi connectivity index (χ1v) is 14.2. The second-order valence-corrected chi connectivity index (χ2v) is 11.2. The number of aliphatic hydroxyl groups excluding tert-OH is 1. The van der Waals surface area contributed by atoms with Crippen LogP contribution in [-0.4, -0.2) is 33.8 Å². The lowest BCUT2D eigenvalue weighted by Gasteiger charge is -2.34. The smallest absolute Gasteiger partial charge is 0.155 e. The van der Waals surface area contributed by atoms with Crippen LogP contribution in [0.15, 0.2) is 60.3 Å². The first-order valence-electron chi connectivity index (χ1n) is 14.2. The lowest BCUT2D eigenvalue weighted by Crippen LogP contribution is -2.31. The van der Waals surface area contributed by atoms with Crippen LogP contribution in [0.25, 0.3) is 5.57 Å². The summed E-state index contributed by atoms with van der Waals surface area (Å²) in [4.78, 5) is 0. The molecule has 37 heavy (non-hydrogen) atoms. The normalized spacial score (nSPS) is 17.8. The highest BCUT2D eigenvalue weighted by molar-refractivity contribution is 5.71. The van der Waals surface area contributed by atoms with Crippen LogP contribution in [0.5, 0.6) is 0 Å². The van der Waals surface area contributed by atoms with Gasteiger partial charge in [-0.2, -0.15) is 0 Å². The minimum atomic E-state index is -1.34. The third-order valence-electron chi connectivity index (χ3n) is 8.91. The molecule has 0 radical (unpaired) electrons. The molecule has 4 N–H and O–H groups in total. The fourth-order valence-electron chi connectivity index (χ4n) is 6.46. The first kappa shape index (κ1) is 27.6. The zero-order valence-corrected chi connectivity index (χ0v) is 22.9. The summed E-state index contributed by atoms with van der Waals surface area (Å²) in [5.74, 6) is 0. The van der Waals surface area contributed by atoms with Crippen LogP contribution >= 0.6 is 0 Å². The monoisotopic (exact) mass is 503 g/mol. The van der Waals surface area contributed by atoms with E-state index in [1.807, 2.05) is 6.20 Å². The maximum atomic E-state index is 11.0. The minimum absolute atomic E-state index is 0.0470. The first-order chi connectivity index (χ1) is 17.8. The highest BCUT2D eigenvalue weighted by atomic mass is 16.5. The van der Waals surface area contributed by atoms with Gasteiger partial charge in [0.2, 0.25) is 0 Å². The molecule has 4 nitrogen and oxygen atoms in total. The Labute approximate surface area is 223 Å². The maximum absolute atomic E-state index is 11.0. The van der Waals surface area contributed by atoms with Crippen molar-refractivity contribution in [3.05, 3.63) is 88.1 Å². The second kappa shape index (κ2) is 12.0. The Morgan fingerprint density at radius 2 is 1.62 bits per heavy atom. The molecule has 2 aromatic rings. The number of nitrogens with one attached hydrogen (secondary N) is 1. The molecule has 0 amide bonds. The standard InChI is InChI=1S/C33H45NO3/c1-4-33(5-2,29-12-10-27(11-13-29)28-20-25(21-31(35)36)22-34-23-28)30-14-9-26(24(3)19-30)15-18-32(37)16-7-6-8-17-32/h9-14,19-20,22,31,34-37H,4-8,15-18,21,23H2,1-3H3. The lowest BCUT2D eigenvalue weighted by molar-refractivity contribution is -0.0375. The van der Waals surface area contributed by atoms with Gasteiger partial charge in [-0.25, -0.2) is 0 Å². The molecule has 4 rings (SSSR count). The number of benzene rings is 2. The van der Waals surface area contributed by atoms with Crippen LogP contribution in [0, 0.1) is 6.92 Å². The van der Waals surface area contributed by atoms with Crippen LogP contribution in [0.1, 0.15) is 99.5 Å². The molecule has 0 aromatic heterocycles. The van der Waals surface area contributed by atoms with Gasteiger partial charge in [0, 0.05) is 24.6 Å². The van der Waals surface area contributed by atoms with Gasteiger partial charge in [-0.3, -0.25) is 0 Å². The number of aliphatic hydroxyl groups is 3. The Hall–Kier alpha value is -2.40. The predicted octanol–water partition coefficient (Wildman–Crippen LogP) is 6.30. The SMILES string of the molecule is CCC(CC)(c1ccc(C2=CC(CC(O)O)=CNC2)cc1)c1ccc(CCC2(O)CCCCC2)c(C)c1. The van der Waals surface area contributed by atoms with E-state index in [4.69, 9.17) is 0 Å². The molecule has 0 atom stereocenters. The van der Waals surface area contributed by atoms with Crippen molar-refractivity contribution in [1.29, 1.82) is 0 Å². The zero-order chi connectivity index (χ0) is 26.5. The molecule has 0 spiro atoms. The zero-order valence-electron chi connectivity index (χ0n) is 22.9. The molecular formula is C33H45NO3. The Balaban J connectivity index is 1.54. The summed E-state index contributed by atoms with van der Waals surface area (Å²) in [5.41, 5.74) is 8.05. The van der Waals surface area contributed by atoms with Crippen molar-refractivity contribution in [3.8, 4) is 0 Å². The van der Waals surface area contributed by atoms with E-state index < -0.39 is 11.9 Å². The van der Waals surface area contributed by atoms with E-state index in [1.54, 1.807) is 0 Å². The number of allylic oxidation sites excluding steroid dienone is 1. The molecule has 0 saturated heterocycles. The topological polar surface area (TPSA) is 72.7 Å². The average molecular weight is 504 g/mol. The highest BCUT2D eigenvalue weighted by Crippen LogP contribution is 2.40. The molecule has 1 heterocycles. The number of dihydropyridines is 1. The Bertz CT molecular complexity index is 1100. The Kier molecular flexibility index (Phi) is 8.94. The van der Waals surface area contributed by atoms with E-state index in [-0.39, 0.29) is 11.8 Å². The van der Waals surface area contributed by atoms with Crippen molar-refractivity contribution >= 4 is 5.57 Å². The van der Waals surface area contributed by atoms with Gasteiger partial charge in [-0.1, -0.05) is 81.7 Å². The molecule has 200 valence electrons. The Morgan fingerprint density at radius 3 is 2.24 bits per heavy atom. The van der Waals surface area contributed by atoms with E-state index in [2.05, 4.69) is 74.6 Å². The van der Waals surface area contributed by atoms with E-state index in [0.717, 1.165) is 74.6 Å². The van der Waals surface area contributed by atoms with Gasteiger partial charge in [-0.15, -0.1) is 0 Å². The molecule has 1 aliphatic carbocycles. The summed E-state index contributed by atoms with van der Waals surface area (Å²) < 4.78 is 0. The van der Waals surface area contributed by atoms with Crippen molar-refractivity contribution in [1.82, 2.24) is 5.32 Å². The second-order valence-electron chi connectivity index (χ2n) is 11.2. The summed E-state index contributed by atoms with van der Waals surface area (Å²) in [6.45, 7) is 7.51. The minimum Gasteiger partial charge on any atom is -0.390 e. The largest absolute Gasteiger partial charge is 0.390 e. The molecule has 4 heteroatoms. The lowest BCUT2D eigenvalue weighted by atomic mass is 9.69. The highest BCUT2D eigenvalue weighted by Gasteiger charge is 2.32. The summed E-state index contributed by atoms with van der Waals surface area (Å²) in [5, 5.41) is 32.9. The van der Waals surface area contributed by atoms with Crippen molar-refractivity contribution in [2.24, 2.45) is 0 Å². The van der Waals surface area contributed by atoms with Crippen molar-refractivity contribution < 1.29 is 15.3 Å². The van der Waals surface area contributed by atoms with Crippen LogP contribution < -0.4 is 5.32 Å². The van der Waals surface area contributed by atoms with Crippen molar-refractivity contribution in [3.63, 3.8) is 0 Å². The third kappa shape index (κ3) is 6.37. The van der Waals surface area contributed by atoms with E-state index in [9.17, 15) is 15.3 Å². The average Bonchev–Trinajstić information content (AvgIpc) is 2.90. The quantitative estimate of drug-likeness (QED) is 0.287. The van der Waals surface area contributed by atoms with Crippen LogP contribution in [0.3, 0.4) is 0 Å². The summed E-state index contributed by atoms with van der Waals surface area (Å²) in [6.07, 6.45) is 12.1. The molecular weight excluding hydrogens is 458 g/mol. The molecule has 0 unspecified atom stereocenters. The van der Waals surface area contributed by atoms with E-state index in [0.29, 0.717) is 0 Å². The van der Waals surface area contributed by atoms with Gasteiger partial charge in [0.05, 0.1) is 5.60 Å². The fraction of sp³-hybridized carbons (Fsp3) is 0.515. The van der Waals surface area contributed by atoms with Gasteiger partial charge in [0.1, 0.15) is 0 Å². The van der Waals surface area contributed by atoms with E-state index in [1.165, 1.54) is 28.7 Å².